The van der Waals surface area contributed by atoms with Crippen LogP contribution < -0.4 is 15.0 Å². The number of thiazole rings is 1. The van der Waals surface area contributed by atoms with Crippen LogP contribution in [0.4, 0.5) is 24.1 Å². The summed E-state index contributed by atoms with van der Waals surface area (Å²) in [5.74, 6) is 0.212. The van der Waals surface area contributed by atoms with Crippen LogP contribution in [0.15, 0.2) is 23.3 Å². The maximum Gasteiger partial charge on any atom is 0.319 e. The molecule has 4 aliphatic heterocycles. The lowest BCUT2D eigenvalue weighted by atomic mass is 9.95. The van der Waals surface area contributed by atoms with Gasteiger partial charge in [0.25, 0.3) is 0 Å². The van der Waals surface area contributed by atoms with Crippen molar-refractivity contribution in [2.75, 3.05) is 37.7 Å². The molecule has 7 heterocycles. The molecule has 224 valence electrons. The molecular formula is C30H31F3N8OS. The van der Waals surface area contributed by atoms with Crippen LogP contribution in [0.25, 0.3) is 32.4 Å². The predicted molar refractivity (Wildman–Crippen MR) is 161 cm³/mol. The molecule has 13 heteroatoms. The summed E-state index contributed by atoms with van der Waals surface area (Å²) in [6, 6.07) is 3.72. The van der Waals surface area contributed by atoms with E-state index >= 15 is 4.39 Å². The number of hydrogen-bond acceptors (Lipinski definition) is 10. The summed E-state index contributed by atoms with van der Waals surface area (Å²) >= 11 is 1.08. The van der Waals surface area contributed by atoms with Gasteiger partial charge in [0.05, 0.1) is 32.4 Å². The van der Waals surface area contributed by atoms with E-state index in [9.17, 15) is 8.78 Å². The third kappa shape index (κ3) is 4.46. The average molecular weight is 609 g/mol. The third-order valence-electron chi connectivity index (χ3n) is 9.55. The van der Waals surface area contributed by atoms with Crippen molar-refractivity contribution in [2.24, 2.45) is 4.99 Å². The monoisotopic (exact) mass is 608 g/mol. The van der Waals surface area contributed by atoms with Gasteiger partial charge in [-0.3, -0.25) is 9.88 Å². The summed E-state index contributed by atoms with van der Waals surface area (Å²) in [4.78, 5) is 27.1. The Bertz CT molecular complexity index is 1740. The van der Waals surface area contributed by atoms with Gasteiger partial charge in [-0.25, -0.2) is 23.1 Å². The van der Waals surface area contributed by atoms with E-state index < -0.39 is 18.7 Å². The fraction of sp³-hybridized carbons (Fsp3) is 0.500. The number of benzene rings is 1. The number of hydrogen-bond donors (Lipinski definition) is 1. The van der Waals surface area contributed by atoms with Crippen molar-refractivity contribution in [2.45, 2.75) is 62.6 Å². The Labute approximate surface area is 250 Å². The summed E-state index contributed by atoms with van der Waals surface area (Å²) in [5, 5.41) is 4.59. The van der Waals surface area contributed by atoms with E-state index in [0.717, 1.165) is 56.7 Å². The smallest absolute Gasteiger partial charge is 0.319 e. The van der Waals surface area contributed by atoms with Gasteiger partial charge in [-0.15, -0.1) is 0 Å². The van der Waals surface area contributed by atoms with E-state index in [4.69, 9.17) is 19.7 Å². The highest BCUT2D eigenvalue weighted by atomic mass is 32.1. The number of alkyl halides is 2. The molecule has 3 aromatic heterocycles. The second kappa shape index (κ2) is 10.3. The molecule has 2 bridgehead atoms. The summed E-state index contributed by atoms with van der Waals surface area (Å²) in [6.07, 6.45) is 5.24. The largest absolute Gasteiger partial charge is 0.461 e. The van der Waals surface area contributed by atoms with E-state index in [-0.39, 0.29) is 23.7 Å². The molecule has 0 amide bonds. The second-order valence-corrected chi connectivity index (χ2v) is 13.1. The number of nitrogens with one attached hydrogen (secondary N) is 1. The van der Waals surface area contributed by atoms with Gasteiger partial charge in [0.1, 0.15) is 31.1 Å². The molecule has 4 saturated heterocycles. The summed E-state index contributed by atoms with van der Waals surface area (Å²) in [5.41, 5.74) is 1.43. The number of fused-ring (bicyclic) bond motifs is 5. The Hall–Kier alpha value is -3.42. The number of aliphatic imine (C=N–C) groups is 1. The predicted octanol–water partition coefficient (Wildman–Crippen LogP) is 5.14. The Kier molecular flexibility index (Phi) is 6.53. The van der Waals surface area contributed by atoms with Gasteiger partial charge in [-0.2, -0.15) is 9.97 Å². The van der Waals surface area contributed by atoms with Crippen molar-refractivity contribution in [3.8, 4) is 17.3 Å². The van der Waals surface area contributed by atoms with E-state index in [1.54, 1.807) is 12.3 Å². The first kappa shape index (κ1) is 27.2. The number of ether oxygens (including phenoxy) is 1. The lowest BCUT2D eigenvalue weighted by Gasteiger charge is -2.34. The van der Waals surface area contributed by atoms with E-state index in [0.29, 0.717) is 68.4 Å². The molecule has 0 aliphatic carbocycles. The molecule has 0 saturated carbocycles. The standard InChI is InChI=1S/C30H31F3N8OS/c1-34-29-38-25-19(5-6-22(33)26(25)43-29)23-20(10-31)24-21(11-35-23)27(40-13-17-3-4-18(14-40)36-17)39-28(37-24)42-15-30-7-2-8-41(30)12-16(32)9-30/h5-6,11,16-18,36H,1-4,7-10,12-15H2/t16-,17?,18?,30-/m1/s1. The van der Waals surface area contributed by atoms with E-state index in [1.807, 2.05) is 0 Å². The van der Waals surface area contributed by atoms with Crippen molar-refractivity contribution < 1.29 is 17.9 Å². The molecule has 8 rings (SSSR count). The fourth-order valence-corrected chi connectivity index (χ4v) is 8.41. The van der Waals surface area contributed by atoms with Gasteiger partial charge in [0.2, 0.25) is 5.13 Å². The SMILES string of the molecule is C=Nc1nc2c(-c3ncc4c(N5CC6CCC(C5)N6)nc(OC[C@]56CCCN5C[C@H](F)C6)nc4c3CF)ccc(F)c2s1. The van der Waals surface area contributed by atoms with Crippen molar-refractivity contribution >= 4 is 50.1 Å². The number of piperazine rings is 1. The first-order valence-electron chi connectivity index (χ1n) is 14.8. The zero-order chi connectivity index (χ0) is 29.3. The van der Waals surface area contributed by atoms with Crippen molar-refractivity contribution in [1.29, 1.82) is 0 Å². The molecule has 2 unspecified atom stereocenters. The maximum atomic E-state index is 15.1. The van der Waals surface area contributed by atoms with Crippen LogP contribution in [0.3, 0.4) is 0 Å². The number of nitrogens with zero attached hydrogens (tertiary/aromatic N) is 7. The molecule has 4 atom stereocenters. The van der Waals surface area contributed by atoms with Crippen molar-refractivity contribution in [3.05, 3.63) is 29.7 Å². The minimum atomic E-state index is -0.879. The lowest BCUT2D eigenvalue weighted by Crippen LogP contribution is -2.51. The normalized spacial score (nSPS) is 27.0. The molecule has 4 fully saturated rings. The molecule has 1 aromatic carbocycles. The molecular weight excluding hydrogens is 577 g/mol. The van der Waals surface area contributed by atoms with Crippen LogP contribution in [-0.2, 0) is 6.67 Å². The minimum Gasteiger partial charge on any atom is -0.461 e. The number of anilines is 1. The quantitative estimate of drug-likeness (QED) is 0.289. The van der Waals surface area contributed by atoms with Crippen LogP contribution in [0.1, 0.15) is 37.7 Å². The Balaban J connectivity index is 1.26. The molecule has 0 radical (unpaired) electrons. The van der Waals surface area contributed by atoms with Gasteiger partial charge >= 0.3 is 6.01 Å². The number of aromatic nitrogens is 4. The Morgan fingerprint density at radius 2 is 1.98 bits per heavy atom. The van der Waals surface area contributed by atoms with Crippen LogP contribution in [0, 0.1) is 5.82 Å². The first-order valence-corrected chi connectivity index (χ1v) is 15.6. The summed E-state index contributed by atoms with van der Waals surface area (Å²) < 4.78 is 50.9. The molecule has 0 spiro atoms. The lowest BCUT2D eigenvalue weighted by molar-refractivity contribution is 0.107. The third-order valence-corrected chi connectivity index (χ3v) is 10.6. The maximum absolute atomic E-state index is 15.1. The molecule has 4 aromatic rings. The van der Waals surface area contributed by atoms with Crippen molar-refractivity contribution in [3.63, 3.8) is 0 Å². The van der Waals surface area contributed by atoms with Crippen molar-refractivity contribution in [1.82, 2.24) is 30.2 Å². The van der Waals surface area contributed by atoms with Gasteiger partial charge in [-0.1, -0.05) is 11.3 Å². The first-order chi connectivity index (χ1) is 20.9. The van der Waals surface area contributed by atoms with Crippen LogP contribution >= 0.6 is 11.3 Å². The number of rotatable bonds is 7. The van der Waals surface area contributed by atoms with Gasteiger partial charge in [-0.05, 0) is 51.1 Å². The Morgan fingerprint density at radius 3 is 2.77 bits per heavy atom. The zero-order valence-electron chi connectivity index (χ0n) is 23.5. The number of pyridine rings is 1. The van der Waals surface area contributed by atoms with Gasteiger partial charge in [0.15, 0.2) is 0 Å². The summed E-state index contributed by atoms with van der Waals surface area (Å²) in [7, 11) is 0. The van der Waals surface area contributed by atoms with Crippen LogP contribution in [0.5, 0.6) is 6.01 Å². The number of halogens is 3. The molecule has 9 nitrogen and oxygen atoms in total. The van der Waals surface area contributed by atoms with E-state index in [1.165, 1.54) is 6.07 Å². The summed E-state index contributed by atoms with van der Waals surface area (Å²) in [6.45, 7) is 5.70. The van der Waals surface area contributed by atoms with Crippen LogP contribution in [-0.4, -0.2) is 88.1 Å². The zero-order valence-corrected chi connectivity index (χ0v) is 24.3. The second-order valence-electron chi connectivity index (χ2n) is 12.1. The van der Waals surface area contributed by atoms with Crippen LogP contribution in [0.2, 0.25) is 0 Å². The Morgan fingerprint density at radius 1 is 1.14 bits per heavy atom. The molecule has 4 aliphatic rings. The highest BCUT2D eigenvalue weighted by molar-refractivity contribution is 7.22. The highest BCUT2D eigenvalue weighted by Gasteiger charge is 2.49. The fourth-order valence-electron chi connectivity index (χ4n) is 7.61. The van der Waals surface area contributed by atoms with Gasteiger partial charge < -0.3 is 15.0 Å². The molecule has 43 heavy (non-hydrogen) atoms. The van der Waals surface area contributed by atoms with Gasteiger partial charge in [0, 0.05) is 55.5 Å². The molecule has 1 N–H and O–H groups in total. The van der Waals surface area contributed by atoms with E-state index in [2.05, 4.69) is 31.8 Å². The highest BCUT2D eigenvalue weighted by Crippen LogP contribution is 2.42. The average Bonchev–Trinajstić information content (AvgIpc) is 3.77. The minimum absolute atomic E-state index is 0.139. The topological polar surface area (TPSA) is 91.7 Å².